The second-order valence-corrected chi connectivity index (χ2v) is 4.19. The number of ether oxygens (including phenoxy) is 2. The van der Waals surface area contributed by atoms with Gasteiger partial charge >= 0.3 is 0 Å². The molecule has 0 N–H and O–H groups in total. The van der Waals surface area contributed by atoms with Gasteiger partial charge in [0, 0.05) is 12.5 Å². The normalized spacial score (nSPS) is 10.8. The predicted molar refractivity (Wildman–Crippen MR) is 71.1 cm³/mol. The van der Waals surface area contributed by atoms with E-state index in [9.17, 15) is 0 Å². The van der Waals surface area contributed by atoms with E-state index in [-0.39, 0.29) is 6.61 Å². The van der Waals surface area contributed by atoms with Crippen molar-refractivity contribution in [3.8, 4) is 5.75 Å². The first-order chi connectivity index (χ1) is 9.85. The van der Waals surface area contributed by atoms with Gasteiger partial charge in [-0.2, -0.15) is 4.98 Å². The van der Waals surface area contributed by atoms with E-state index in [2.05, 4.69) is 15.1 Å². The second-order valence-electron chi connectivity index (χ2n) is 4.19. The molecule has 0 aliphatic rings. The summed E-state index contributed by atoms with van der Waals surface area (Å²) in [5.74, 6) is 1.57. The molecule has 0 aliphatic carbocycles. The average Bonchev–Trinajstić information content (AvgIpc) is 2.93. The molecule has 0 bridgehead atoms. The molecule has 0 fully saturated rings. The second kappa shape index (κ2) is 5.66. The lowest BCUT2D eigenvalue weighted by Gasteiger charge is -2.03. The average molecular weight is 271 g/mol. The minimum absolute atomic E-state index is 0.205. The molecule has 20 heavy (non-hydrogen) atoms. The van der Waals surface area contributed by atoms with E-state index >= 15 is 0 Å². The summed E-state index contributed by atoms with van der Waals surface area (Å²) in [6.45, 7) is 0.526. The van der Waals surface area contributed by atoms with Crippen LogP contribution in [0.3, 0.4) is 0 Å². The van der Waals surface area contributed by atoms with E-state index < -0.39 is 0 Å². The Kier molecular flexibility index (Phi) is 3.56. The lowest BCUT2D eigenvalue weighted by molar-refractivity contribution is 0.174. The molecule has 2 aromatic heterocycles. The van der Waals surface area contributed by atoms with Crippen LogP contribution in [-0.4, -0.2) is 22.2 Å². The fourth-order valence-corrected chi connectivity index (χ4v) is 1.81. The first-order valence-corrected chi connectivity index (χ1v) is 6.13. The molecule has 0 aliphatic heterocycles. The number of para-hydroxylation sites is 1. The summed E-state index contributed by atoms with van der Waals surface area (Å²) in [6, 6.07) is 9.77. The Morgan fingerprint density at radius 2 is 2.10 bits per heavy atom. The number of nitrogens with zero attached hydrogens (tertiary/aromatic N) is 3. The molecule has 6 heteroatoms. The van der Waals surface area contributed by atoms with Crippen LogP contribution in [0.5, 0.6) is 5.75 Å². The minimum Gasteiger partial charge on any atom is -0.482 e. The predicted octanol–water partition coefficient (Wildman–Crippen LogP) is 2.34. The molecule has 6 nitrogen and oxygen atoms in total. The monoisotopic (exact) mass is 271 g/mol. The van der Waals surface area contributed by atoms with Crippen molar-refractivity contribution in [1.82, 2.24) is 15.1 Å². The number of rotatable bonds is 5. The van der Waals surface area contributed by atoms with Crippen molar-refractivity contribution in [3.63, 3.8) is 0 Å². The fraction of sp³-hybridized carbons (Fsp3) is 0.214. The van der Waals surface area contributed by atoms with Gasteiger partial charge in [0.05, 0.1) is 11.7 Å². The molecule has 3 aromatic rings. The molecule has 0 atom stereocenters. The van der Waals surface area contributed by atoms with Gasteiger partial charge in [0.1, 0.15) is 12.4 Å². The van der Waals surface area contributed by atoms with Crippen LogP contribution in [0.25, 0.3) is 10.9 Å². The van der Waals surface area contributed by atoms with E-state index in [1.165, 1.54) is 0 Å². The van der Waals surface area contributed by atoms with Gasteiger partial charge in [0.2, 0.25) is 0 Å². The summed E-state index contributed by atoms with van der Waals surface area (Å²) in [4.78, 5) is 8.45. The summed E-state index contributed by atoms with van der Waals surface area (Å²) in [5, 5.41) is 4.79. The van der Waals surface area contributed by atoms with Crippen molar-refractivity contribution in [2.45, 2.75) is 13.2 Å². The van der Waals surface area contributed by atoms with Gasteiger partial charge in [-0.3, -0.25) is 4.98 Å². The molecule has 0 radical (unpaired) electrons. The van der Waals surface area contributed by atoms with Crippen molar-refractivity contribution in [2.75, 3.05) is 7.11 Å². The quantitative estimate of drug-likeness (QED) is 0.709. The van der Waals surface area contributed by atoms with Crippen molar-refractivity contribution < 1.29 is 14.0 Å². The maximum absolute atomic E-state index is 5.59. The summed E-state index contributed by atoms with van der Waals surface area (Å²) in [5.41, 5.74) is 0.931. The SMILES string of the molecule is COCc1noc(COc2cnc3ccccc3c2)n1. The number of benzene rings is 1. The van der Waals surface area contributed by atoms with Gasteiger partial charge < -0.3 is 14.0 Å². The van der Waals surface area contributed by atoms with E-state index in [0.717, 1.165) is 10.9 Å². The largest absolute Gasteiger partial charge is 0.482 e. The first kappa shape index (κ1) is 12.6. The topological polar surface area (TPSA) is 70.3 Å². The lowest BCUT2D eigenvalue weighted by Crippen LogP contribution is -1.97. The van der Waals surface area contributed by atoms with Crippen LogP contribution in [0.1, 0.15) is 11.7 Å². The van der Waals surface area contributed by atoms with Crippen molar-refractivity contribution in [1.29, 1.82) is 0 Å². The summed E-state index contributed by atoms with van der Waals surface area (Å²) in [7, 11) is 1.58. The van der Waals surface area contributed by atoms with E-state index in [0.29, 0.717) is 24.1 Å². The fourth-order valence-electron chi connectivity index (χ4n) is 1.81. The Balaban J connectivity index is 1.69. The third-order valence-electron chi connectivity index (χ3n) is 2.71. The molecule has 102 valence electrons. The Bertz CT molecular complexity index is 711. The molecular weight excluding hydrogens is 258 g/mol. The Morgan fingerprint density at radius 1 is 1.20 bits per heavy atom. The number of aromatic nitrogens is 3. The van der Waals surface area contributed by atoms with E-state index in [1.54, 1.807) is 13.3 Å². The number of methoxy groups -OCH3 is 1. The van der Waals surface area contributed by atoms with Crippen molar-refractivity contribution in [2.24, 2.45) is 0 Å². The Hall–Kier alpha value is -2.47. The number of hydrogen-bond acceptors (Lipinski definition) is 6. The molecule has 0 saturated heterocycles. The zero-order valence-corrected chi connectivity index (χ0v) is 10.9. The highest BCUT2D eigenvalue weighted by molar-refractivity contribution is 5.79. The van der Waals surface area contributed by atoms with Crippen LogP contribution in [0, 0.1) is 0 Å². The number of fused-ring (bicyclic) bond motifs is 1. The number of hydrogen-bond donors (Lipinski definition) is 0. The summed E-state index contributed by atoms with van der Waals surface area (Å²) in [6.07, 6.45) is 1.68. The molecular formula is C14H13N3O3. The van der Waals surface area contributed by atoms with Crippen molar-refractivity contribution >= 4 is 10.9 Å². The van der Waals surface area contributed by atoms with Crippen LogP contribution in [0.15, 0.2) is 41.1 Å². The van der Waals surface area contributed by atoms with Crippen LogP contribution < -0.4 is 4.74 Å². The summed E-state index contributed by atoms with van der Waals surface area (Å²) >= 11 is 0. The molecule has 0 unspecified atom stereocenters. The lowest BCUT2D eigenvalue weighted by atomic mass is 10.2. The molecule has 1 aromatic carbocycles. The zero-order chi connectivity index (χ0) is 13.8. The maximum Gasteiger partial charge on any atom is 0.264 e. The third-order valence-corrected chi connectivity index (χ3v) is 2.71. The zero-order valence-electron chi connectivity index (χ0n) is 10.9. The molecule has 0 spiro atoms. The van der Waals surface area contributed by atoms with Gasteiger partial charge in [-0.15, -0.1) is 0 Å². The van der Waals surface area contributed by atoms with E-state index in [1.807, 2.05) is 30.3 Å². The Morgan fingerprint density at radius 3 is 3.00 bits per heavy atom. The number of pyridine rings is 1. The van der Waals surface area contributed by atoms with Gasteiger partial charge in [-0.25, -0.2) is 0 Å². The van der Waals surface area contributed by atoms with Crippen LogP contribution in [0.2, 0.25) is 0 Å². The molecule has 2 heterocycles. The van der Waals surface area contributed by atoms with E-state index in [4.69, 9.17) is 14.0 Å². The van der Waals surface area contributed by atoms with Crippen LogP contribution in [-0.2, 0) is 18.0 Å². The molecule has 0 saturated carbocycles. The smallest absolute Gasteiger partial charge is 0.264 e. The standard InChI is InChI=1S/C14H13N3O3/c1-18-8-13-16-14(20-17-13)9-19-11-6-10-4-2-3-5-12(10)15-7-11/h2-7H,8-9H2,1H3. The maximum atomic E-state index is 5.59. The highest BCUT2D eigenvalue weighted by Gasteiger charge is 2.07. The van der Waals surface area contributed by atoms with Crippen LogP contribution >= 0.6 is 0 Å². The minimum atomic E-state index is 0.205. The van der Waals surface area contributed by atoms with Gasteiger partial charge in [-0.05, 0) is 12.1 Å². The van der Waals surface area contributed by atoms with Crippen LogP contribution in [0.4, 0.5) is 0 Å². The molecule has 0 amide bonds. The third kappa shape index (κ3) is 2.75. The first-order valence-electron chi connectivity index (χ1n) is 6.13. The molecule has 3 rings (SSSR count). The summed E-state index contributed by atoms with van der Waals surface area (Å²) < 4.78 is 15.5. The highest BCUT2D eigenvalue weighted by Crippen LogP contribution is 2.18. The Labute approximate surface area is 115 Å². The van der Waals surface area contributed by atoms with Gasteiger partial charge in [0.15, 0.2) is 12.4 Å². The highest BCUT2D eigenvalue weighted by atomic mass is 16.5. The van der Waals surface area contributed by atoms with Crippen molar-refractivity contribution in [3.05, 3.63) is 48.2 Å². The van der Waals surface area contributed by atoms with Gasteiger partial charge in [0.25, 0.3) is 5.89 Å². The van der Waals surface area contributed by atoms with Gasteiger partial charge in [-0.1, -0.05) is 23.4 Å².